The second-order valence-corrected chi connectivity index (χ2v) is 8.35. The van der Waals surface area contributed by atoms with E-state index in [1.165, 1.54) is 6.26 Å². The third-order valence-electron chi connectivity index (χ3n) is 4.35. The predicted octanol–water partition coefficient (Wildman–Crippen LogP) is 1.77. The summed E-state index contributed by atoms with van der Waals surface area (Å²) in [5.41, 5.74) is 2.20. The zero-order valence-corrected chi connectivity index (χ0v) is 15.2. The molecule has 3 rings (SSSR count). The molecule has 1 fully saturated rings. The first kappa shape index (κ1) is 18.1. The Balaban J connectivity index is 1.71. The summed E-state index contributed by atoms with van der Waals surface area (Å²) in [4.78, 5) is 24.3. The Morgan fingerprint density at radius 3 is 2.15 bits per heavy atom. The maximum Gasteiger partial charge on any atom is 0.251 e. The van der Waals surface area contributed by atoms with Crippen molar-refractivity contribution in [1.29, 1.82) is 0 Å². The molecule has 6 nitrogen and oxygen atoms in total. The number of nitrogens with one attached hydrogen (secondary N) is 2. The summed E-state index contributed by atoms with van der Waals surface area (Å²) < 4.78 is 23.0. The lowest BCUT2D eigenvalue weighted by molar-refractivity contribution is -0.124. The summed E-state index contributed by atoms with van der Waals surface area (Å²) in [6, 6.07) is 13.1. The van der Waals surface area contributed by atoms with Crippen molar-refractivity contribution in [2.45, 2.75) is 23.8 Å². The molecule has 7 heteroatoms. The Labute approximate surface area is 152 Å². The molecule has 1 aliphatic heterocycles. The van der Waals surface area contributed by atoms with E-state index >= 15 is 0 Å². The Hall–Kier alpha value is -2.67. The van der Waals surface area contributed by atoms with Crippen molar-refractivity contribution in [3.63, 3.8) is 0 Å². The molecular weight excluding hydrogens is 352 g/mol. The van der Waals surface area contributed by atoms with Crippen molar-refractivity contribution in [2.75, 3.05) is 12.8 Å². The van der Waals surface area contributed by atoms with Crippen molar-refractivity contribution in [1.82, 2.24) is 10.6 Å². The third-order valence-corrected chi connectivity index (χ3v) is 5.48. The second kappa shape index (κ2) is 7.29. The van der Waals surface area contributed by atoms with Crippen molar-refractivity contribution in [3.8, 4) is 11.1 Å². The minimum atomic E-state index is -3.22. The van der Waals surface area contributed by atoms with Gasteiger partial charge in [-0.3, -0.25) is 9.59 Å². The number of carbonyl (C=O) groups excluding carboxylic acids is 2. The van der Waals surface area contributed by atoms with Gasteiger partial charge < -0.3 is 10.6 Å². The van der Waals surface area contributed by atoms with Gasteiger partial charge in [0.15, 0.2) is 9.84 Å². The number of carbonyl (C=O) groups is 2. The Bertz CT molecular complexity index is 919. The van der Waals surface area contributed by atoms with E-state index < -0.39 is 15.9 Å². The van der Waals surface area contributed by atoms with E-state index in [-0.39, 0.29) is 16.7 Å². The number of sulfone groups is 1. The van der Waals surface area contributed by atoms with Gasteiger partial charge in [-0.2, -0.15) is 0 Å². The van der Waals surface area contributed by atoms with Crippen LogP contribution >= 0.6 is 0 Å². The second-order valence-electron chi connectivity index (χ2n) is 6.33. The molecular formula is C19H20N2O4S. The van der Waals surface area contributed by atoms with Crippen LogP contribution in [-0.4, -0.2) is 39.1 Å². The highest BCUT2D eigenvalue weighted by Crippen LogP contribution is 2.22. The molecule has 2 amide bonds. The van der Waals surface area contributed by atoms with Gasteiger partial charge in [0.05, 0.1) is 4.90 Å². The van der Waals surface area contributed by atoms with Crippen LogP contribution in [0.4, 0.5) is 0 Å². The Morgan fingerprint density at radius 1 is 1.04 bits per heavy atom. The summed E-state index contributed by atoms with van der Waals surface area (Å²) in [6.07, 6.45) is 2.66. The molecule has 1 atom stereocenters. The fourth-order valence-corrected chi connectivity index (χ4v) is 3.49. The van der Waals surface area contributed by atoms with Gasteiger partial charge in [-0.05, 0) is 48.2 Å². The van der Waals surface area contributed by atoms with E-state index in [9.17, 15) is 18.0 Å². The van der Waals surface area contributed by atoms with Gasteiger partial charge in [-0.1, -0.05) is 24.3 Å². The molecule has 1 unspecified atom stereocenters. The molecule has 0 aliphatic carbocycles. The molecule has 2 N–H and O–H groups in total. The van der Waals surface area contributed by atoms with Gasteiger partial charge in [0, 0.05) is 18.4 Å². The van der Waals surface area contributed by atoms with E-state index in [1.807, 2.05) is 0 Å². The smallest absolute Gasteiger partial charge is 0.251 e. The third kappa shape index (κ3) is 4.11. The highest BCUT2D eigenvalue weighted by atomic mass is 32.2. The first-order chi connectivity index (χ1) is 12.3. The monoisotopic (exact) mass is 372 g/mol. The number of benzene rings is 2. The quantitative estimate of drug-likeness (QED) is 0.855. The van der Waals surface area contributed by atoms with E-state index in [1.54, 1.807) is 48.5 Å². The van der Waals surface area contributed by atoms with Gasteiger partial charge in [-0.15, -0.1) is 0 Å². The van der Waals surface area contributed by atoms with Crippen LogP contribution in [0.2, 0.25) is 0 Å². The van der Waals surface area contributed by atoms with Crippen LogP contribution in [0.15, 0.2) is 53.4 Å². The van der Waals surface area contributed by atoms with Gasteiger partial charge in [0.25, 0.3) is 5.91 Å². The lowest BCUT2D eigenvalue weighted by Gasteiger charge is -2.22. The molecule has 1 aliphatic rings. The maximum absolute atomic E-state index is 12.3. The summed E-state index contributed by atoms with van der Waals surface area (Å²) in [5, 5.41) is 5.49. The van der Waals surface area contributed by atoms with Crippen LogP contribution in [0.25, 0.3) is 11.1 Å². The van der Waals surface area contributed by atoms with Crippen LogP contribution < -0.4 is 10.6 Å². The van der Waals surface area contributed by atoms with Crippen LogP contribution in [0, 0.1) is 0 Å². The number of rotatable bonds is 4. The fraction of sp³-hybridized carbons (Fsp3) is 0.263. The maximum atomic E-state index is 12.3. The van der Waals surface area contributed by atoms with E-state index in [0.717, 1.165) is 17.5 Å². The summed E-state index contributed by atoms with van der Waals surface area (Å²) in [5.74, 6) is -0.432. The molecule has 2 aromatic carbocycles. The van der Waals surface area contributed by atoms with Crippen LogP contribution in [0.1, 0.15) is 23.2 Å². The topological polar surface area (TPSA) is 92.3 Å². The normalized spacial score (nSPS) is 17.4. The fourth-order valence-electron chi connectivity index (χ4n) is 2.86. The van der Waals surface area contributed by atoms with Crippen LogP contribution in [-0.2, 0) is 14.6 Å². The largest absolute Gasteiger partial charge is 0.354 e. The molecule has 0 radical (unpaired) electrons. The molecule has 2 aromatic rings. The average molecular weight is 372 g/mol. The van der Waals surface area contributed by atoms with E-state index in [0.29, 0.717) is 18.5 Å². The zero-order chi connectivity index (χ0) is 18.7. The average Bonchev–Trinajstić information content (AvgIpc) is 2.63. The molecule has 136 valence electrons. The first-order valence-corrected chi connectivity index (χ1v) is 10.2. The van der Waals surface area contributed by atoms with Crippen molar-refractivity contribution in [2.24, 2.45) is 0 Å². The predicted molar refractivity (Wildman–Crippen MR) is 98.5 cm³/mol. The van der Waals surface area contributed by atoms with Gasteiger partial charge in [0.2, 0.25) is 5.91 Å². The molecule has 0 aromatic heterocycles. The lowest BCUT2D eigenvalue weighted by atomic mass is 10.0. The number of amides is 2. The lowest BCUT2D eigenvalue weighted by Crippen LogP contribution is -2.50. The van der Waals surface area contributed by atoms with E-state index in [4.69, 9.17) is 0 Å². The Morgan fingerprint density at radius 2 is 1.62 bits per heavy atom. The molecule has 26 heavy (non-hydrogen) atoms. The number of hydrogen-bond acceptors (Lipinski definition) is 4. The van der Waals surface area contributed by atoms with Crippen molar-refractivity contribution >= 4 is 21.7 Å². The van der Waals surface area contributed by atoms with Crippen molar-refractivity contribution in [3.05, 3.63) is 54.1 Å². The molecule has 0 saturated carbocycles. The molecule has 1 heterocycles. The highest BCUT2D eigenvalue weighted by molar-refractivity contribution is 7.90. The minimum Gasteiger partial charge on any atom is -0.354 e. The number of piperidine rings is 1. The van der Waals surface area contributed by atoms with Crippen LogP contribution in [0.3, 0.4) is 0 Å². The summed E-state index contributed by atoms with van der Waals surface area (Å²) >= 11 is 0. The molecule has 0 spiro atoms. The molecule has 0 bridgehead atoms. The number of hydrogen-bond donors (Lipinski definition) is 2. The van der Waals surface area contributed by atoms with Gasteiger partial charge >= 0.3 is 0 Å². The van der Waals surface area contributed by atoms with Crippen LogP contribution in [0.5, 0.6) is 0 Å². The highest BCUT2D eigenvalue weighted by Gasteiger charge is 2.23. The Kier molecular flexibility index (Phi) is 5.08. The van der Waals surface area contributed by atoms with Crippen molar-refractivity contribution < 1.29 is 18.0 Å². The summed E-state index contributed by atoms with van der Waals surface area (Å²) in [6.45, 7) is 0.651. The molecule has 1 saturated heterocycles. The van der Waals surface area contributed by atoms with Gasteiger partial charge in [0.1, 0.15) is 6.04 Å². The summed E-state index contributed by atoms with van der Waals surface area (Å²) in [7, 11) is -3.22. The van der Waals surface area contributed by atoms with Gasteiger partial charge in [-0.25, -0.2) is 8.42 Å². The minimum absolute atomic E-state index is 0.146. The standard InChI is InChI=1S/C19H20N2O4S/c1-26(24,25)16-10-8-14(9-11-16)13-4-6-15(7-5-13)18(22)21-17-3-2-12-20-19(17)23/h4-11,17H,2-3,12H2,1H3,(H,20,23)(H,21,22). The van der Waals surface area contributed by atoms with E-state index in [2.05, 4.69) is 10.6 Å². The first-order valence-electron chi connectivity index (χ1n) is 8.34. The SMILES string of the molecule is CS(=O)(=O)c1ccc(-c2ccc(C(=O)NC3CCCNC3=O)cc2)cc1. The zero-order valence-electron chi connectivity index (χ0n) is 14.4.